The van der Waals surface area contributed by atoms with Crippen molar-refractivity contribution in [2.45, 2.75) is 13.0 Å². The Balaban J connectivity index is 1.84. The normalized spacial score (nSPS) is 14.2. The SMILES string of the molecule is C[C@@H](C(=O)Nc1ccccc1C(N)=O)N1C(=O)c2ccccc2C1=O. The summed E-state index contributed by atoms with van der Waals surface area (Å²) in [5.41, 5.74) is 6.19. The largest absolute Gasteiger partial charge is 0.366 e. The van der Waals surface area contributed by atoms with Crippen molar-refractivity contribution in [1.82, 2.24) is 4.90 Å². The van der Waals surface area contributed by atoms with Crippen LogP contribution < -0.4 is 11.1 Å². The van der Waals surface area contributed by atoms with Crippen LogP contribution in [0.1, 0.15) is 38.0 Å². The van der Waals surface area contributed by atoms with Crippen LogP contribution in [-0.2, 0) is 4.79 Å². The number of nitrogens with one attached hydrogen (secondary N) is 1. The number of carbonyl (C=O) groups excluding carboxylic acids is 4. The molecule has 0 unspecified atom stereocenters. The van der Waals surface area contributed by atoms with Gasteiger partial charge in [0.15, 0.2) is 0 Å². The van der Waals surface area contributed by atoms with E-state index in [2.05, 4.69) is 5.32 Å². The minimum Gasteiger partial charge on any atom is -0.366 e. The molecular weight excluding hydrogens is 322 g/mol. The minimum atomic E-state index is -1.05. The maximum Gasteiger partial charge on any atom is 0.262 e. The van der Waals surface area contributed by atoms with E-state index in [1.807, 2.05) is 0 Å². The molecule has 0 aliphatic carbocycles. The van der Waals surface area contributed by atoms with Crippen LogP contribution in [0.5, 0.6) is 0 Å². The van der Waals surface area contributed by atoms with Crippen molar-refractivity contribution in [3.05, 3.63) is 65.2 Å². The zero-order valence-corrected chi connectivity index (χ0v) is 13.4. The fourth-order valence-corrected chi connectivity index (χ4v) is 2.72. The van der Waals surface area contributed by atoms with Crippen LogP contribution in [0.4, 0.5) is 5.69 Å². The summed E-state index contributed by atoms with van der Waals surface area (Å²) in [5, 5.41) is 2.55. The molecular formula is C18H15N3O4. The van der Waals surface area contributed by atoms with E-state index in [4.69, 9.17) is 5.73 Å². The van der Waals surface area contributed by atoms with Crippen LogP contribution in [0, 0.1) is 0 Å². The molecule has 2 aromatic carbocycles. The van der Waals surface area contributed by atoms with Gasteiger partial charge in [-0.25, -0.2) is 0 Å². The summed E-state index contributed by atoms with van der Waals surface area (Å²) in [6, 6.07) is 11.6. The van der Waals surface area contributed by atoms with Gasteiger partial charge in [0.25, 0.3) is 17.7 Å². The van der Waals surface area contributed by atoms with Gasteiger partial charge in [-0.15, -0.1) is 0 Å². The highest BCUT2D eigenvalue weighted by atomic mass is 16.2. The van der Waals surface area contributed by atoms with Gasteiger partial charge in [-0.1, -0.05) is 24.3 Å². The van der Waals surface area contributed by atoms with E-state index < -0.39 is 29.7 Å². The minimum absolute atomic E-state index is 0.144. The molecule has 7 heteroatoms. The van der Waals surface area contributed by atoms with E-state index in [-0.39, 0.29) is 22.4 Å². The average molecular weight is 337 g/mol. The van der Waals surface area contributed by atoms with Gasteiger partial charge in [0, 0.05) is 0 Å². The monoisotopic (exact) mass is 337 g/mol. The van der Waals surface area contributed by atoms with Crippen LogP contribution >= 0.6 is 0 Å². The van der Waals surface area contributed by atoms with Gasteiger partial charge in [0.1, 0.15) is 6.04 Å². The topological polar surface area (TPSA) is 110 Å². The Morgan fingerprint density at radius 2 is 1.48 bits per heavy atom. The molecule has 1 atom stereocenters. The highest BCUT2D eigenvalue weighted by Crippen LogP contribution is 2.25. The number of fused-ring (bicyclic) bond motifs is 1. The highest BCUT2D eigenvalue weighted by Gasteiger charge is 2.40. The first-order valence-electron chi connectivity index (χ1n) is 7.58. The van der Waals surface area contributed by atoms with Gasteiger partial charge >= 0.3 is 0 Å². The van der Waals surface area contributed by atoms with Crippen LogP contribution in [0.3, 0.4) is 0 Å². The lowest BCUT2D eigenvalue weighted by Crippen LogP contribution is -2.45. The molecule has 1 heterocycles. The zero-order valence-electron chi connectivity index (χ0n) is 13.4. The van der Waals surface area contributed by atoms with Gasteiger partial charge in [-0.2, -0.15) is 0 Å². The first kappa shape index (κ1) is 16.4. The van der Waals surface area contributed by atoms with E-state index in [9.17, 15) is 19.2 Å². The Bertz CT molecular complexity index is 872. The van der Waals surface area contributed by atoms with Crippen molar-refractivity contribution in [3.8, 4) is 0 Å². The molecule has 1 aliphatic rings. The Labute approximate surface area is 143 Å². The highest BCUT2D eigenvalue weighted by molar-refractivity contribution is 6.23. The summed E-state index contributed by atoms with van der Waals surface area (Å²) in [4.78, 5) is 49.7. The second-order valence-electron chi connectivity index (χ2n) is 5.60. The Hall–Kier alpha value is -3.48. The first-order chi connectivity index (χ1) is 11.9. The number of anilines is 1. The summed E-state index contributed by atoms with van der Waals surface area (Å²) < 4.78 is 0. The summed E-state index contributed by atoms with van der Waals surface area (Å²) in [5.74, 6) is -2.33. The third-order valence-electron chi connectivity index (χ3n) is 4.04. The van der Waals surface area contributed by atoms with Gasteiger partial charge in [-0.3, -0.25) is 24.1 Å². The maximum absolute atomic E-state index is 12.5. The van der Waals surface area contributed by atoms with Crippen molar-refractivity contribution in [2.24, 2.45) is 5.73 Å². The van der Waals surface area contributed by atoms with E-state index in [1.165, 1.54) is 19.1 Å². The summed E-state index contributed by atoms with van der Waals surface area (Å²) in [6.07, 6.45) is 0. The molecule has 0 aromatic heterocycles. The fraction of sp³-hybridized carbons (Fsp3) is 0.111. The molecule has 25 heavy (non-hydrogen) atoms. The Morgan fingerprint density at radius 1 is 0.960 bits per heavy atom. The van der Waals surface area contributed by atoms with Gasteiger partial charge in [0.2, 0.25) is 5.91 Å². The third-order valence-corrected chi connectivity index (χ3v) is 4.04. The second kappa shape index (κ2) is 6.20. The zero-order chi connectivity index (χ0) is 18.1. The second-order valence-corrected chi connectivity index (χ2v) is 5.60. The number of imide groups is 1. The van der Waals surface area contributed by atoms with Gasteiger partial charge in [0.05, 0.1) is 22.4 Å². The lowest BCUT2D eigenvalue weighted by Gasteiger charge is -2.22. The van der Waals surface area contributed by atoms with Crippen LogP contribution in [0.15, 0.2) is 48.5 Å². The van der Waals surface area contributed by atoms with Gasteiger partial charge in [-0.05, 0) is 31.2 Å². The van der Waals surface area contributed by atoms with Crippen molar-refractivity contribution in [2.75, 3.05) is 5.32 Å². The number of nitrogens with zero attached hydrogens (tertiary/aromatic N) is 1. The number of amides is 4. The maximum atomic E-state index is 12.5. The molecule has 126 valence electrons. The van der Waals surface area contributed by atoms with Gasteiger partial charge < -0.3 is 11.1 Å². The summed E-state index contributed by atoms with van der Waals surface area (Å²) in [7, 11) is 0. The third kappa shape index (κ3) is 2.76. The molecule has 0 saturated carbocycles. The molecule has 0 spiro atoms. The standard InChI is InChI=1S/C18H15N3O4/c1-10(16(23)20-14-9-5-4-8-13(14)15(19)22)21-17(24)11-6-2-3-7-12(11)18(21)25/h2-10H,1H3,(H2,19,22)(H,20,23)/t10-/m0/s1. The van der Waals surface area contributed by atoms with Crippen molar-refractivity contribution in [3.63, 3.8) is 0 Å². The molecule has 0 bridgehead atoms. The lowest BCUT2D eigenvalue weighted by molar-refractivity contribution is -0.119. The van der Waals surface area contributed by atoms with Crippen molar-refractivity contribution in [1.29, 1.82) is 0 Å². The predicted molar refractivity (Wildman–Crippen MR) is 90.0 cm³/mol. The number of para-hydroxylation sites is 1. The molecule has 0 fully saturated rings. The number of benzene rings is 2. The Kier molecular flexibility index (Phi) is 4.06. The van der Waals surface area contributed by atoms with E-state index in [0.717, 1.165) is 4.90 Å². The fourth-order valence-electron chi connectivity index (χ4n) is 2.72. The number of hydrogen-bond acceptors (Lipinski definition) is 4. The average Bonchev–Trinajstić information content (AvgIpc) is 2.86. The molecule has 3 N–H and O–H groups in total. The molecule has 0 radical (unpaired) electrons. The number of nitrogens with two attached hydrogens (primary N) is 1. The molecule has 4 amide bonds. The number of rotatable bonds is 4. The van der Waals surface area contributed by atoms with E-state index in [0.29, 0.717) is 0 Å². The molecule has 7 nitrogen and oxygen atoms in total. The Morgan fingerprint density at radius 3 is 2.04 bits per heavy atom. The van der Waals surface area contributed by atoms with Crippen LogP contribution in [-0.4, -0.2) is 34.6 Å². The van der Waals surface area contributed by atoms with E-state index >= 15 is 0 Å². The molecule has 2 aromatic rings. The summed E-state index contributed by atoms with van der Waals surface area (Å²) >= 11 is 0. The summed E-state index contributed by atoms with van der Waals surface area (Å²) in [6.45, 7) is 1.45. The molecule has 3 rings (SSSR count). The quantitative estimate of drug-likeness (QED) is 0.822. The smallest absolute Gasteiger partial charge is 0.262 e. The number of carbonyl (C=O) groups is 4. The predicted octanol–water partition coefficient (Wildman–Crippen LogP) is 1.41. The number of hydrogen-bond donors (Lipinski definition) is 2. The first-order valence-corrected chi connectivity index (χ1v) is 7.58. The van der Waals surface area contributed by atoms with Crippen LogP contribution in [0.25, 0.3) is 0 Å². The lowest BCUT2D eigenvalue weighted by atomic mass is 10.1. The van der Waals surface area contributed by atoms with E-state index in [1.54, 1.807) is 36.4 Å². The molecule has 0 saturated heterocycles. The number of primary amides is 1. The molecule has 1 aliphatic heterocycles. The van der Waals surface area contributed by atoms with Crippen molar-refractivity contribution >= 4 is 29.3 Å². The van der Waals surface area contributed by atoms with Crippen molar-refractivity contribution < 1.29 is 19.2 Å². The van der Waals surface area contributed by atoms with Crippen LogP contribution in [0.2, 0.25) is 0 Å².